The van der Waals surface area contributed by atoms with E-state index in [1.165, 1.54) is 0 Å². The van der Waals surface area contributed by atoms with Crippen LogP contribution in [0.25, 0.3) is 0 Å². The SMILES string of the molecule is CC[C@H](C)[C@H]1C(=O)Nc2ccccc2CN1C(=O)N1CC[C@H](C(N)=O)C1. The fraction of sp³-hybridized carbons (Fsp3) is 0.526. The van der Waals surface area contributed by atoms with E-state index in [1.807, 2.05) is 38.1 Å². The van der Waals surface area contributed by atoms with Crippen LogP contribution >= 0.6 is 0 Å². The summed E-state index contributed by atoms with van der Waals surface area (Å²) in [6.45, 7) is 5.16. The predicted octanol–water partition coefficient (Wildman–Crippen LogP) is 1.78. The van der Waals surface area contributed by atoms with E-state index in [0.717, 1.165) is 17.7 Å². The van der Waals surface area contributed by atoms with E-state index in [1.54, 1.807) is 9.80 Å². The van der Waals surface area contributed by atoms with Crippen LogP contribution in [0.4, 0.5) is 10.5 Å². The second kappa shape index (κ2) is 7.35. The summed E-state index contributed by atoms with van der Waals surface area (Å²) >= 11 is 0. The second-order valence-electron chi connectivity index (χ2n) is 7.22. The van der Waals surface area contributed by atoms with Gasteiger partial charge in [-0.1, -0.05) is 38.5 Å². The number of hydrogen-bond acceptors (Lipinski definition) is 3. The molecule has 0 spiro atoms. The molecule has 1 aromatic carbocycles. The molecule has 0 bridgehead atoms. The van der Waals surface area contributed by atoms with Crippen LogP contribution < -0.4 is 11.1 Å². The smallest absolute Gasteiger partial charge is 0.321 e. The molecule has 0 radical (unpaired) electrons. The zero-order valence-electron chi connectivity index (χ0n) is 15.3. The third-order valence-electron chi connectivity index (χ3n) is 5.51. The van der Waals surface area contributed by atoms with Crippen molar-refractivity contribution in [2.24, 2.45) is 17.6 Å². The van der Waals surface area contributed by atoms with Crippen LogP contribution in [0.1, 0.15) is 32.3 Å². The van der Waals surface area contributed by atoms with Gasteiger partial charge in [0.15, 0.2) is 0 Å². The molecule has 140 valence electrons. The lowest BCUT2D eigenvalue weighted by Gasteiger charge is -2.35. The molecule has 2 aliphatic rings. The molecule has 26 heavy (non-hydrogen) atoms. The van der Waals surface area contributed by atoms with Gasteiger partial charge in [0, 0.05) is 18.8 Å². The Bertz CT molecular complexity index is 720. The molecule has 2 aliphatic heterocycles. The minimum absolute atomic E-state index is 0.0165. The summed E-state index contributed by atoms with van der Waals surface area (Å²) in [6.07, 6.45) is 1.35. The van der Waals surface area contributed by atoms with Crippen molar-refractivity contribution in [3.63, 3.8) is 0 Å². The maximum atomic E-state index is 13.2. The fourth-order valence-electron chi connectivity index (χ4n) is 3.73. The number of likely N-dealkylation sites (tertiary alicyclic amines) is 1. The second-order valence-corrected chi connectivity index (χ2v) is 7.22. The maximum Gasteiger partial charge on any atom is 0.321 e. The average molecular weight is 358 g/mol. The lowest BCUT2D eigenvalue weighted by Crippen LogP contribution is -2.53. The van der Waals surface area contributed by atoms with Gasteiger partial charge in [0.05, 0.1) is 12.5 Å². The molecule has 4 amide bonds. The van der Waals surface area contributed by atoms with E-state index in [0.29, 0.717) is 26.1 Å². The van der Waals surface area contributed by atoms with Gasteiger partial charge in [0.1, 0.15) is 6.04 Å². The Morgan fingerprint density at radius 2 is 2.08 bits per heavy atom. The molecule has 1 saturated heterocycles. The van der Waals surface area contributed by atoms with E-state index < -0.39 is 6.04 Å². The molecule has 3 N–H and O–H groups in total. The van der Waals surface area contributed by atoms with Gasteiger partial charge in [-0.25, -0.2) is 4.79 Å². The fourth-order valence-corrected chi connectivity index (χ4v) is 3.73. The van der Waals surface area contributed by atoms with Gasteiger partial charge in [-0.15, -0.1) is 0 Å². The van der Waals surface area contributed by atoms with E-state index >= 15 is 0 Å². The Kier molecular flexibility index (Phi) is 5.15. The number of nitrogens with one attached hydrogen (secondary N) is 1. The summed E-state index contributed by atoms with van der Waals surface area (Å²) in [6, 6.07) is 6.79. The van der Waals surface area contributed by atoms with Crippen molar-refractivity contribution in [3.8, 4) is 0 Å². The molecule has 3 rings (SSSR count). The Morgan fingerprint density at radius 1 is 1.35 bits per heavy atom. The number of nitrogens with two attached hydrogens (primary N) is 1. The van der Waals surface area contributed by atoms with E-state index in [4.69, 9.17) is 5.73 Å². The Labute approximate surface area is 153 Å². The normalized spacial score (nSPS) is 23.8. The third kappa shape index (κ3) is 3.38. The van der Waals surface area contributed by atoms with Gasteiger partial charge in [0.2, 0.25) is 11.8 Å². The number of rotatable bonds is 3. The van der Waals surface area contributed by atoms with Crippen molar-refractivity contribution in [2.45, 2.75) is 39.3 Å². The standard InChI is InChI=1S/C19H26N4O3/c1-3-12(2)16-18(25)21-15-7-5-4-6-13(15)11-23(16)19(26)22-9-8-14(10-22)17(20)24/h4-7,12,14,16H,3,8-11H2,1-2H3,(H2,20,24)(H,21,25)/t12-,14-,16-/m0/s1. The van der Waals surface area contributed by atoms with Crippen LogP contribution in [-0.2, 0) is 16.1 Å². The minimum atomic E-state index is -0.549. The maximum absolute atomic E-state index is 13.2. The van der Waals surface area contributed by atoms with E-state index in [-0.39, 0.29) is 29.7 Å². The van der Waals surface area contributed by atoms with Crippen LogP contribution in [-0.4, -0.2) is 46.8 Å². The summed E-state index contributed by atoms with van der Waals surface area (Å²) in [5.41, 5.74) is 7.05. The van der Waals surface area contributed by atoms with Gasteiger partial charge >= 0.3 is 6.03 Å². The first-order valence-electron chi connectivity index (χ1n) is 9.16. The molecule has 0 saturated carbocycles. The number of benzene rings is 1. The third-order valence-corrected chi connectivity index (χ3v) is 5.51. The molecule has 0 unspecified atom stereocenters. The van der Waals surface area contributed by atoms with Crippen molar-refractivity contribution in [1.29, 1.82) is 0 Å². The minimum Gasteiger partial charge on any atom is -0.369 e. The largest absolute Gasteiger partial charge is 0.369 e. The summed E-state index contributed by atoms with van der Waals surface area (Å²) in [5.74, 6) is -0.835. The number of amides is 4. The van der Waals surface area contributed by atoms with Crippen molar-refractivity contribution >= 4 is 23.5 Å². The van der Waals surface area contributed by atoms with E-state index in [9.17, 15) is 14.4 Å². The lowest BCUT2D eigenvalue weighted by atomic mass is 9.97. The van der Waals surface area contributed by atoms with E-state index in [2.05, 4.69) is 5.32 Å². The van der Waals surface area contributed by atoms with Gasteiger partial charge in [-0.2, -0.15) is 0 Å². The van der Waals surface area contributed by atoms with Crippen LogP contribution in [0.5, 0.6) is 0 Å². The van der Waals surface area contributed by atoms with Crippen LogP contribution in [0.3, 0.4) is 0 Å². The lowest BCUT2D eigenvalue weighted by molar-refractivity contribution is -0.123. The molecular formula is C19H26N4O3. The molecule has 7 heteroatoms. The topological polar surface area (TPSA) is 95.7 Å². The number of anilines is 1. The van der Waals surface area contributed by atoms with Crippen molar-refractivity contribution in [3.05, 3.63) is 29.8 Å². The zero-order valence-corrected chi connectivity index (χ0v) is 15.3. The molecule has 0 aliphatic carbocycles. The van der Waals surface area contributed by atoms with Gasteiger partial charge in [-0.3, -0.25) is 9.59 Å². The van der Waals surface area contributed by atoms with Gasteiger partial charge < -0.3 is 20.9 Å². The quantitative estimate of drug-likeness (QED) is 0.862. The molecular weight excluding hydrogens is 332 g/mol. The number of nitrogens with zero attached hydrogens (tertiary/aromatic N) is 2. The molecule has 3 atom stereocenters. The monoisotopic (exact) mass is 358 g/mol. The van der Waals surface area contributed by atoms with Crippen molar-refractivity contribution < 1.29 is 14.4 Å². The first-order valence-corrected chi connectivity index (χ1v) is 9.16. The predicted molar refractivity (Wildman–Crippen MR) is 98.1 cm³/mol. The Hall–Kier alpha value is -2.57. The van der Waals surface area contributed by atoms with Crippen LogP contribution in [0.15, 0.2) is 24.3 Å². The highest BCUT2D eigenvalue weighted by Crippen LogP contribution is 2.29. The highest BCUT2D eigenvalue weighted by atomic mass is 16.2. The zero-order chi connectivity index (χ0) is 18.8. The van der Waals surface area contributed by atoms with Gasteiger partial charge in [-0.05, 0) is 24.0 Å². The summed E-state index contributed by atoms with van der Waals surface area (Å²) in [4.78, 5) is 40.8. The van der Waals surface area contributed by atoms with Crippen molar-refractivity contribution in [2.75, 3.05) is 18.4 Å². The molecule has 7 nitrogen and oxygen atoms in total. The molecule has 0 aromatic heterocycles. The first kappa shape index (κ1) is 18.2. The number of carbonyl (C=O) groups excluding carboxylic acids is 3. The molecule has 1 fully saturated rings. The number of carbonyl (C=O) groups is 3. The molecule has 2 heterocycles. The highest BCUT2D eigenvalue weighted by Gasteiger charge is 2.40. The summed E-state index contributed by atoms with van der Waals surface area (Å²) in [7, 11) is 0. The Balaban J connectivity index is 1.91. The molecule has 1 aromatic rings. The highest BCUT2D eigenvalue weighted by molar-refractivity contribution is 5.99. The number of urea groups is 1. The van der Waals surface area contributed by atoms with Crippen LogP contribution in [0.2, 0.25) is 0 Å². The number of fused-ring (bicyclic) bond motifs is 1. The van der Waals surface area contributed by atoms with Gasteiger partial charge in [0.25, 0.3) is 0 Å². The summed E-state index contributed by atoms with van der Waals surface area (Å²) < 4.78 is 0. The number of primary amides is 1. The summed E-state index contributed by atoms with van der Waals surface area (Å²) in [5, 5.41) is 2.96. The Morgan fingerprint density at radius 3 is 2.73 bits per heavy atom. The average Bonchev–Trinajstić information content (AvgIpc) is 3.06. The number of hydrogen-bond donors (Lipinski definition) is 2. The number of para-hydroxylation sites is 1. The van der Waals surface area contributed by atoms with Crippen molar-refractivity contribution in [1.82, 2.24) is 9.80 Å². The van der Waals surface area contributed by atoms with Crippen LogP contribution in [0, 0.1) is 11.8 Å². The first-order chi connectivity index (χ1) is 12.4.